The molecule has 4 nitrogen and oxygen atoms in total. The van der Waals surface area contributed by atoms with E-state index >= 15 is 0 Å². The van der Waals surface area contributed by atoms with Crippen molar-refractivity contribution in [2.75, 3.05) is 13.8 Å². The number of hydrogen-bond acceptors (Lipinski definition) is 3. The molecule has 1 aliphatic rings. The van der Waals surface area contributed by atoms with E-state index in [1.54, 1.807) is 0 Å². The molecule has 0 fully saturated rings. The maximum absolute atomic E-state index is 11.8. The molecule has 0 saturated carbocycles. The van der Waals surface area contributed by atoms with Crippen molar-refractivity contribution in [3.8, 4) is 0 Å². The van der Waals surface area contributed by atoms with Crippen LogP contribution < -0.4 is 0 Å². The fraction of sp³-hybridized carbons (Fsp3) is 0.200. The van der Waals surface area contributed by atoms with Crippen molar-refractivity contribution >= 4 is 35.0 Å². The average Bonchev–Trinajstić information content (AvgIpc) is 2.46. The Bertz CT molecular complexity index is 446. The molecule has 0 radical (unpaired) electrons. The molecule has 0 bridgehead atoms. The molecule has 1 aliphatic heterocycles. The minimum absolute atomic E-state index is 0.0818. The zero-order chi connectivity index (χ0) is 11.9. The second-order valence-electron chi connectivity index (χ2n) is 3.27. The molecule has 0 aliphatic carbocycles. The summed E-state index contributed by atoms with van der Waals surface area (Å²) in [5.41, 5.74) is 0.521. The number of carbonyl (C=O) groups excluding carboxylic acids is 2. The normalized spacial score (nSPS) is 14.6. The fourth-order valence-corrected chi connectivity index (χ4v) is 1.86. The molecular formula is C10H7Cl2NO3. The van der Waals surface area contributed by atoms with E-state index in [1.165, 1.54) is 19.2 Å². The number of imide groups is 1. The van der Waals surface area contributed by atoms with Gasteiger partial charge in [0.25, 0.3) is 11.8 Å². The number of benzene rings is 1. The number of amides is 2. The monoisotopic (exact) mass is 259 g/mol. The van der Waals surface area contributed by atoms with Crippen LogP contribution in [0.25, 0.3) is 0 Å². The van der Waals surface area contributed by atoms with Crippen molar-refractivity contribution < 1.29 is 14.3 Å². The third-order valence-corrected chi connectivity index (χ3v) is 2.99. The van der Waals surface area contributed by atoms with Gasteiger partial charge in [-0.15, -0.1) is 0 Å². The number of hydrogen-bond donors (Lipinski definition) is 0. The van der Waals surface area contributed by atoms with Gasteiger partial charge in [0.1, 0.15) is 6.73 Å². The molecule has 0 saturated heterocycles. The summed E-state index contributed by atoms with van der Waals surface area (Å²) < 4.78 is 4.78. The molecule has 0 unspecified atom stereocenters. The van der Waals surface area contributed by atoms with Crippen LogP contribution in [0.15, 0.2) is 12.1 Å². The number of methoxy groups -OCH3 is 1. The van der Waals surface area contributed by atoms with Crippen LogP contribution in [0.3, 0.4) is 0 Å². The predicted octanol–water partition coefficient (Wildman–Crippen LogP) is 2.19. The standard InChI is InChI=1S/C10H7Cl2NO3/c1-16-4-13-9(14)5-2-7(11)8(12)3-6(5)10(13)15/h2-3H,4H2,1H3. The number of fused-ring (bicyclic) bond motifs is 1. The van der Waals surface area contributed by atoms with E-state index in [0.717, 1.165) is 4.90 Å². The first kappa shape index (κ1) is 11.4. The Kier molecular flexibility index (Phi) is 2.88. The van der Waals surface area contributed by atoms with Crippen LogP contribution in [0.4, 0.5) is 0 Å². The summed E-state index contributed by atoms with van der Waals surface area (Å²) in [6.07, 6.45) is 0. The number of rotatable bonds is 2. The van der Waals surface area contributed by atoms with Crippen molar-refractivity contribution in [3.63, 3.8) is 0 Å². The molecular weight excluding hydrogens is 253 g/mol. The Morgan fingerprint density at radius 1 is 1.12 bits per heavy atom. The molecule has 0 atom stereocenters. The summed E-state index contributed by atoms with van der Waals surface area (Å²) >= 11 is 11.6. The minimum atomic E-state index is -0.416. The average molecular weight is 260 g/mol. The van der Waals surface area contributed by atoms with E-state index in [4.69, 9.17) is 27.9 Å². The summed E-state index contributed by atoms with van der Waals surface area (Å²) in [5.74, 6) is -0.833. The molecule has 0 spiro atoms. The SMILES string of the molecule is COCN1C(=O)c2cc(Cl)c(Cl)cc2C1=O. The van der Waals surface area contributed by atoms with Gasteiger partial charge in [-0.05, 0) is 12.1 Å². The number of ether oxygens (including phenoxy) is 1. The first-order valence-electron chi connectivity index (χ1n) is 4.40. The summed E-state index contributed by atoms with van der Waals surface area (Å²) in [7, 11) is 1.41. The maximum Gasteiger partial charge on any atom is 0.263 e. The van der Waals surface area contributed by atoms with Gasteiger partial charge in [0.2, 0.25) is 0 Å². The van der Waals surface area contributed by atoms with Crippen LogP contribution in [0.2, 0.25) is 10.0 Å². The van der Waals surface area contributed by atoms with Gasteiger partial charge in [-0.2, -0.15) is 0 Å². The zero-order valence-electron chi connectivity index (χ0n) is 8.29. The van der Waals surface area contributed by atoms with Gasteiger partial charge in [-0.1, -0.05) is 23.2 Å². The van der Waals surface area contributed by atoms with Crippen LogP contribution in [0.1, 0.15) is 20.7 Å². The van der Waals surface area contributed by atoms with Gasteiger partial charge in [-0.3, -0.25) is 14.5 Å². The van der Waals surface area contributed by atoms with Crippen molar-refractivity contribution in [2.45, 2.75) is 0 Å². The zero-order valence-corrected chi connectivity index (χ0v) is 9.80. The third-order valence-electron chi connectivity index (χ3n) is 2.27. The highest BCUT2D eigenvalue weighted by atomic mass is 35.5. The quantitative estimate of drug-likeness (QED) is 0.766. The van der Waals surface area contributed by atoms with Crippen molar-refractivity contribution in [2.24, 2.45) is 0 Å². The Hall–Kier alpha value is -1.10. The summed E-state index contributed by atoms with van der Waals surface area (Å²) in [6, 6.07) is 2.80. The molecule has 84 valence electrons. The lowest BCUT2D eigenvalue weighted by atomic mass is 10.1. The Morgan fingerprint density at radius 2 is 1.56 bits per heavy atom. The van der Waals surface area contributed by atoms with E-state index < -0.39 is 11.8 Å². The Labute approximate surface area is 102 Å². The van der Waals surface area contributed by atoms with Crippen LogP contribution >= 0.6 is 23.2 Å². The maximum atomic E-state index is 11.8. The Morgan fingerprint density at radius 3 is 1.94 bits per heavy atom. The highest BCUT2D eigenvalue weighted by molar-refractivity contribution is 6.43. The molecule has 0 aromatic heterocycles. The first-order chi connectivity index (χ1) is 7.56. The van der Waals surface area contributed by atoms with E-state index in [1.807, 2.05) is 0 Å². The van der Waals surface area contributed by atoms with Gasteiger partial charge in [0.05, 0.1) is 21.2 Å². The lowest BCUT2D eigenvalue weighted by Crippen LogP contribution is -2.31. The second kappa shape index (κ2) is 4.05. The lowest BCUT2D eigenvalue weighted by Gasteiger charge is -2.11. The minimum Gasteiger partial charge on any atom is -0.364 e. The smallest absolute Gasteiger partial charge is 0.263 e. The molecule has 0 N–H and O–H groups in total. The van der Waals surface area contributed by atoms with Crippen LogP contribution in [-0.4, -0.2) is 30.6 Å². The molecule has 1 aromatic rings. The van der Waals surface area contributed by atoms with E-state index in [9.17, 15) is 9.59 Å². The van der Waals surface area contributed by atoms with E-state index in [-0.39, 0.29) is 27.9 Å². The van der Waals surface area contributed by atoms with Crippen molar-refractivity contribution in [1.29, 1.82) is 0 Å². The van der Waals surface area contributed by atoms with Crippen molar-refractivity contribution in [3.05, 3.63) is 33.3 Å². The number of nitrogens with zero attached hydrogens (tertiary/aromatic N) is 1. The largest absolute Gasteiger partial charge is 0.364 e. The summed E-state index contributed by atoms with van der Waals surface area (Å²) in [6.45, 7) is -0.0818. The molecule has 2 amide bonds. The van der Waals surface area contributed by atoms with Gasteiger partial charge >= 0.3 is 0 Å². The van der Waals surface area contributed by atoms with Gasteiger partial charge in [-0.25, -0.2) is 0 Å². The molecule has 1 aromatic carbocycles. The van der Waals surface area contributed by atoms with Gasteiger partial charge in [0, 0.05) is 7.11 Å². The molecule has 6 heteroatoms. The highest BCUT2D eigenvalue weighted by Gasteiger charge is 2.36. The van der Waals surface area contributed by atoms with Crippen LogP contribution in [-0.2, 0) is 4.74 Å². The predicted molar refractivity (Wildman–Crippen MR) is 58.8 cm³/mol. The van der Waals surface area contributed by atoms with E-state index in [2.05, 4.69) is 0 Å². The van der Waals surface area contributed by atoms with Gasteiger partial charge < -0.3 is 4.74 Å². The highest BCUT2D eigenvalue weighted by Crippen LogP contribution is 2.31. The number of halogens is 2. The fourth-order valence-electron chi connectivity index (χ4n) is 1.53. The molecule has 1 heterocycles. The third kappa shape index (κ3) is 1.59. The first-order valence-corrected chi connectivity index (χ1v) is 5.16. The summed E-state index contributed by atoms with van der Waals surface area (Å²) in [5, 5.41) is 0.502. The van der Waals surface area contributed by atoms with Crippen molar-refractivity contribution in [1.82, 2.24) is 4.90 Å². The lowest BCUT2D eigenvalue weighted by molar-refractivity contribution is 0.0389. The van der Waals surface area contributed by atoms with Crippen LogP contribution in [0.5, 0.6) is 0 Å². The Balaban J connectivity index is 2.51. The van der Waals surface area contributed by atoms with Crippen LogP contribution in [0, 0.1) is 0 Å². The second-order valence-corrected chi connectivity index (χ2v) is 4.08. The number of carbonyl (C=O) groups is 2. The topological polar surface area (TPSA) is 46.6 Å². The molecule has 16 heavy (non-hydrogen) atoms. The molecule has 2 rings (SSSR count). The van der Waals surface area contributed by atoms with Gasteiger partial charge in [0.15, 0.2) is 0 Å². The summed E-state index contributed by atoms with van der Waals surface area (Å²) in [4.78, 5) is 24.6. The van der Waals surface area contributed by atoms with E-state index in [0.29, 0.717) is 0 Å².